The zero-order valence-corrected chi connectivity index (χ0v) is 13.0. The lowest BCUT2D eigenvalue weighted by Gasteiger charge is -2.21. The summed E-state index contributed by atoms with van der Waals surface area (Å²) in [5.74, 6) is 1.08. The van der Waals surface area contributed by atoms with Gasteiger partial charge in [-0.3, -0.25) is 0 Å². The number of aryl methyl sites for hydroxylation is 1. The maximum absolute atomic E-state index is 5.99. The highest BCUT2D eigenvalue weighted by Crippen LogP contribution is 2.29. The van der Waals surface area contributed by atoms with Crippen molar-refractivity contribution in [2.45, 2.75) is 37.6 Å². The third kappa shape index (κ3) is 3.72. The van der Waals surface area contributed by atoms with Gasteiger partial charge in [0.15, 0.2) is 0 Å². The van der Waals surface area contributed by atoms with Gasteiger partial charge in [-0.25, -0.2) is 0 Å². The molecular formula is C15H22BrNO. The minimum absolute atomic E-state index is 0.317. The summed E-state index contributed by atoms with van der Waals surface area (Å²) in [6.45, 7) is 6.45. The first-order valence-electron chi connectivity index (χ1n) is 6.63. The predicted octanol–water partition coefficient (Wildman–Crippen LogP) is 3.40. The van der Waals surface area contributed by atoms with E-state index in [1.54, 1.807) is 0 Å². The molecule has 2 rings (SSSR count). The lowest BCUT2D eigenvalue weighted by atomic mass is 10.1. The quantitative estimate of drug-likeness (QED) is 0.773. The average Bonchev–Trinajstić information content (AvgIpc) is 2.67. The van der Waals surface area contributed by atoms with Crippen LogP contribution in [-0.4, -0.2) is 36.0 Å². The Hall–Kier alpha value is -0.540. The normalized spacial score (nSPS) is 19.7. The maximum Gasteiger partial charge on any atom is 0.123 e. The lowest BCUT2D eigenvalue weighted by Crippen LogP contribution is -2.33. The van der Waals surface area contributed by atoms with Gasteiger partial charge in [0.05, 0.1) is 0 Å². The fraction of sp³-hybridized carbons (Fsp3) is 0.600. The molecule has 1 aromatic carbocycles. The number of hydrogen-bond acceptors (Lipinski definition) is 2. The third-order valence-electron chi connectivity index (χ3n) is 3.38. The van der Waals surface area contributed by atoms with Crippen LogP contribution in [0.25, 0.3) is 0 Å². The fourth-order valence-corrected chi connectivity index (χ4v) is 2.59. The summed E-state index contributed by atoms with van der Waals surface area (Å²) < 4.78 is 5.99. The first-order valence-corrected chi connectivity index (χ1v) is 7.55. The van der Waals surface area contributed by atoms with E-state index < -0.39 is 0 Å². The second-order valence-electron chi connectivity index (χ2n) is 5.39. The molecule has 0 N–H and O–H groups in total. The largest absolute Gasteiger partial charge is 0.488 e. The molecule has 3 heteroatoms. The molecule has 2 nitrogen and oxygen atoms in total. The Morgan fingerprint density at radius 1 is 1.50 bits per heavy atom. The van der Waals surface area contributed by atoms with Crippen molar-refractivity contribution in [3.63, 3.8) is 0 Å². The summed E-state index contributed by atoms with van der Waals surface area (Å²) in [6, 6.07) is 6.47. The summed E-state index contributed by atoms with van der Waals surface area (Å²) in [5, 5.41) is 0. The van der Waals surface area contributed by atoms with Gasteiger partial charge in [-0.15, -0.1) is 0 Å². The van der Waals surface area contributed by atoms with Crippen molar-refractivity contribution in [2.24, 2.45) is 0 Å². The standard InChI is InChI=1S/C15H22BrNO/c1-11-4-5-15-13(8-11)9-14(18-15)10-17(3)7-6-12(2)16/h4-5,8,12,14H,6-7,9-10H2,1-3H3. The van der Waals surface area contributed by atoms with Gasteiger partial charge in [0.2, 0.25) is 0 Å². The molecule has 0 amide bonds. The van der Waals surface area contributed by atoms with E-state index >= 15 is 0 Å². The molecule has 1 aliphatic rings. The van der Waals surface area contributed by atoms with E-state index in [1.165, 1.54) is 17.5 Å². The number of alkyl halides is 1. The van der Waals surface area contributed by atoms with Crippen LogP contribution in [0, 0.1) is 6.92 Å². The first-order chi connectivity index (χ1) is 8.54. The van der Waals surface area contributed by atoms with E-state index in [-0.39, 0.29) is 0 Å². The van der Waals surface area contributed by atoms with Gasteiger partial charge in [0.25, 0.3) is 0 Å². The van der Waals surface area contributed by atoms with Gasteiger partial charge >= 0.3 is 0 Å². The Morgan fingerprint density at radius 2 is 2.28 bits per heavy atom. The number of fused-ring (bicyclic) bond motifs is 1. The van der Waals surface area contributed by atoms with Crippen LogP contribution in [0.2, 0.25) is 0 Å². The first kappa shape index (κ1) is 13.9. The number of ether oxygens (including phenoxy) is 1. The van der Waals surface area contributed by atoms with Crippen molar-refractivity contribution in [1.82, 2.24) is 4.90 Å². The van der Waals surface area contributed by atoms with Crippen molar-refractivity contribution in [3.05, 3.63) is 29.3 Å². The van der Waals surface area contributed by atoms with Crippen LogP contribution in [0.1, 0.15) is 24.5 Å². The van der Waals surface area contributed by atoms with Gasteiger partial charge in [-0.1, -0.05) is 40.5 Å². The number of likely N-dealkylation sites (N-methyl/N-ethyl adjacent to an activating group) is 1. The Bertz CT molecular complexity index is 405. The van der Waals surface area contributed by atoms with Crippen LogP contribution >= 0.6 is 15.9 Å². The molecular weight excluding hydrogens is 290 g/mol. The molecule has 1 heterocycles. The number of halogens is 1. The topological polar surface area (TPSA) is 12.5 Å². The minimum Gasteiger partial charge on any atom is -0.488 e. The lowest BCUT2D eigenvalue weighted by molar-refractivity contribution is 0.168. The average molecular weight is 312 g/mol. The zero-order chi connectivity index (χ0) is 13.1. The third-order valence-corrected chi connectivity index (χ3v) is 3.84. The predicted molar refractivity (Wildman–Crippen MR) is 79.8 cm³/mol. The van der Waals surface area contributed by atoms with E-state index in [0.717, 1.165) is 25.3 Å². The number of hydrogen-bond donors (Lipinski definition) is 0. The van der Waals surface area contributed by atoms with Crippen LogP contribution in [0.3, 0.4) is 0 Å². The summed E-state index contributed by atoms with van der Waals surface area (Å²) in [7, 11) is 2.17. The minimum atomic E-state index is 0.317. The van der Waals surface area contributed by atoms with E-state index in [1.807, 2.05) is 0 Å². The summed E-state index contributed by atoms with van der Waals surface area (Å²) in [6.07, 6.45) is 2.54. The molecule has 0 saturated heterocycles. The molecule has 0 fully saturated rings. The van der Waals surface area contributed by atoms with Crippen LogP contribution in [0.15, 0.2) is 18.2 Å². The highest BCUT2D eigenvalue weighted by Gasteiger charge is 2.23. The van der Waals surface area contributed by atoms with Crippen LogP contribution in [-0.2, 0) is 6.42 Å². The zero-order valence-electron chi connectivity index (χ0n) is 11.4. The van der Waals surface area contributed by atoms with Gasteiger partial charge in [0.1, 0.15) is 11.9 Å². The summed E-state index contributed by atoms with van der Waals surface area (Å²) in [4.78, 5) is 2.95. The Kier molecular flexibility index (Phi) is 4.68. The number of benzene rings is 1. The molecule has 0 aromatic heterocycles. The maximum atomic E-state index is 5.99. The van der Waals surface area contributed by atoms with Crippen molar-refractivity contribution in [3.8, 4) is 5.75 Å². The molecule has 0 aliphatic carbocycles. The number of rotatable bonds is 5. The Labute approximate surface area is 118 Å². The molecule has 18 heavy (non-hydrogen) atoms. The molecule has 0 radical (unpaired) electrons. The van der Waals surface area contributed by atoms with Gasteiger partial charge in [-0.05, 0) is 38.6 Å². The van der Waals surface area contributed by atoms with E-state index in [0.29, 0.717) is 10.9 Å². The van der Waals surface area contributed by atoms with Crippen LogP contribution in [0.5, 0.6) is 5.75 Å². The molecule has 100 valence electrons. The van der Waals surface area contributed by atoms with Crippen molar-refractivity contribution < 1.29 is 4.74 Å². The molecule has 0 bridgehead atoms. The molecule has 0 spiro atoms. The molecule has 0 saturated carbocycles. The summed E-state index contributed by atoms with van der Waals surface area (Å²) >= 11 is 3.59. The van der Waals surface area contributed by atoms with E-state index in [2.05, 4.69) is 59.9 Å². The highest BCUT2D eigenvalue weighted by atomic mass is 79.9. The van der Waals surface area contributed by atoms with Crippen molar-refractivity contribution >= 4 is 15.9 Å². The smallest absolute Gasteiger partial charge is 0.123 e. The van der Waals surface area contributed by atoms with Gasteiger partial charge in [-0.2, -0.15) is 0 Å². The highest BCUT2D eigenvalue weighted by molar-refractivity contribution is 9.09. The monoisotopic (exact) mass is 311 g/mol. The molecule has 1 aliphatic heterocycles. The van der Waals surface area contributed by atoms with Crippen LogP contribution < -0.4 is 4.74 Å². The fourth-order valence-electron chi connectivity index (χ4n) is 2.39. The van der Waals surface area contributed by atoms with Crippen molar-refractivity contribution in [2.75, 3.05) is 20.1 Å². The van der Waals surface area contributed by atoms with Crippen LogP contribution in [0.4, 0.5) is 0 Å². The second kappa shape index (κ2) is 6.07. The summed E-state index contributed by atoms with van der Waals surface area (Å²) in [5.41, 5.74) is 2.68. The Morgan fingerprint density at radius 3 is 3.00 bits per heavy atom. The van der Waals surface area contributed by atoms with Gasteiger partial charge < -0.3 is 9.64 Å². The van der Waals surface area contributed by atoms with E-state index in [9.17, 15) is 0 Å². The Balaban J connectivity index is 1.84. The molecule has 1 aromatic rings. The van der Waals surface area contributed by atoms with E-state index in [4.69, 9.17) is 4.74 Å². The molecule has 2 atom stereocenters. The SMILES string of the molecule is Cc1ccc2c(c1)CC(CN(C)CCC(C)Br)O2. The van der Waals surface area contributed by atoms with Crippen molar-refractivity contribution in [1.29, 1.82) is 0 Å². The van der Waals surface area contributed by atoms with Gasteiger partial charge in [0, 0.05) is 17.8 Å². The second-order valence-corrected chi connectivity index (χ2v) is 6.95. The number of nitrogens with zero attached hydrogens (tertiary/aromatic N) is 1. The molecule has 2 unspecified atom stereocenters.